The third kappa shape index (κ3) is 6.18. The third-order valence-corrected chi connectivity index (χ3v) is 13.1. The molecule has 1 aliphatic rings. The van der Waals surface area contributed by atoms with E-state index in [-0.39, 0.29) is 47.3 Å². The largest absolute Gasteiger partial charge is 0.504 e. The van der Waals surface area contributed by atoms with Crippen LogP contribution in [0.1, 0.15) is 52.7 Å². The highest BCUT2D eigenvalue weighted by Crippen LogP contribution is 2.39. The maximum Gasteiger partial charge on any atom is 0.246 e. The quantitative estimate of drug-likeness (QED) is 0.240. The number of phenolic OH excluding ortho intramolecular Hbond substituents is 2. The van der Waals surface area contributed by atoms with E-state index in [1.807, 2.05) is 65.8 Å². The number of aromatic hydroxyl groups is 2. The number of piperazine rings is 1. The second kappa shape index (κ2) is 12.4. The van der Waals surface area contributed by atoms with Crippen LogP contribution in [0.4, 0.5) is 0 Å². The Hall–Kier alpha value is -4.90. The summed E-state index contributed by atoms with van der Waals surface area (Å²) >= 11 is 0. The molecule has 0 atom stereocenters. The molecule has 0 radical (unpaired) electrons. The molecule has 0 aliphatic carbocycles. The summed E-state index contributed by atoms with van der Waals surface area (Å²) in [5.41, 5.74) is 2.75. The van der Waals surface area contributed by atoms with Gasteiger partial charge in [-0.05, 0) is 70.5 Å². The number of sulfonamides is 2. The summed E-state index contributed by atoms with van der Waals surface area (Å²) < 4.78 is 59.3. The van der Waals surface area contributed by atoms with Crippen molar-refractivity contribution in [2.24, 2.45) is 0 Å². The number of hydrogen-bond acceptors (Lipinski definition) is 10. The van der Waals surface area contributed by atoms with Gasteiger partial charge in [-0.15, -0.1) is 30.0 Å². The van der Waals surface area contributed by atoms with Crippen LogP contribution < -0.4 is 0 Å². The normalized spacial score (nSPS) is 15.5. The van der Waals surface area contributed by atoms with E-state index in [9.17, 15) is 27.0 Å². The molecule has 2 N–H and O–H groups in total. The van der Waals surface area contributed by atoms with Gasteiger partial charge in [-0.1, -0.05) is 65.8 Å². The fraction of sp³-hybridized carbons (Fsp3) is 0.333. The fourth-order valence-corrected chi connectivity index (χ4v) is 9.21. The summed E-state index contributed by atoms with van der Waals surface area (Å²) in [4.78, 5) is 1.80. The Morgan fingerprint density at radius 3 is 1.08 bits per heavy atom. The highest BCUT2D eigenvalue weighted by molar-refractivity contribution is 7.89. The Balaban J connectivity index is 1.22. The summed E-state index contributed by atoms with van der Waals surface area (Å²) in [5.74, 6) is -1.03. The molecule has 7 rings (SSSR count). The van der Waals surface area contributed by atoms with Crippen molar-refractivity contribution in [1.82, 2.24) is 38.6 Å². The van der Waals surface area contributed by atoms with Gasteiger partial charge in [-0.3, -0.25) is 0 Å². The van der Waals surface area contributed by atoms with Gasteiger partial charge in [0.1, 0.15) is 43.2 Å². The van der Waals surface area contributed by atoms with Crippen molar-refractivity contribution >= 4 is 42.1 Å². The van der Waals surface area contributed by atoms with Crippen LogP contribution in [-0.2, 0) is 30.9 Å². The first-order chi connectivity index (χ1) is 24.4. The molecule has 272 valence electrons. The van der Waals surface area contributed by atoms with Crippen LogP contribution >= 0.6 is 0 Å². The van der Waals surface area contributed by atoms with Gasteiger partial charge in [-0.25, -0.2) is 16.8 Å². The smallest absolute Gasteiger partial charge is 0.246 e. The number of benzene rings is 4. The van der Waals surface area contributed by atoms with Crippen molar-refractivity contribution in [3.8, 4) is 22.9 Å². The summed E-state index contributed by atoms with van der Waals surface area (Å²) in [5, 5.41) is 40.8. The number of aromatic nitrogens is 6. The van der Waals surface area contributed by atoms with Crippen LogP contribution in [0.3, 0.4) is 0 Å². The second-order valence-electron chi connectivity index (χ2n) is 14.9. The Morgan fingerprint density at radius 1 is 0.519 bits per heavy atom. The zero-order chi connectivity index (χ0) is 37.4. The Kier molecular flexibility index (Phi) is 8.44. The predicted octanol–water partition coefficient (Wildman–Crippen LogP) is 4.86. The average molecular weight is 745 g/mol. The van der Waals surface area contributed by atoms with Crippen molar-refractivity contribution in [2.45, 2.75) is 62.2 Å². The molecule has 16 heteroatoms. The summed E-state index contributed by atoms with van der Waals surface area (Å²) in [6, 6.07) is 20.5. The molecule has 3 heterocycles. The van der Waals surface area contributed by atoms with Crippen molar-refractivity contribution in [3.63, 3.8) is 0 Å². The lowest BCUT2D eigenvalue weighted by Gasteiger charge is -2.34. The van der Waals surface area contributed by atoms with E-state index < -0.39 is 42.4 Å². The maximum absolute atomic E-state index is 14.2. The van der Waals surface area contributed by atoms with Crippen molar-refractivity contribution in [2.75, 3.05) is 26.2 Å². The molecule has 2 aromatic heterocycles. The molecule has 1 fully saturated rings. The van der Waals surface area contributed by atoms with Gasteiger partial charge in [0, 0.05) is 26.2 Å². The average Bonchev–Trinajstić information content (AvgIpc) is 3.72. The topological polar surface area (TPSA) is 177 Å². The van der Waals surface area contributed by atoms with E-state index in [4.69, 9.17) is 0 Å². The zero-order valence-corrected chi connectivity index (χ0v) is 31.3. The maximum atomic E-state index is 14.2. The van der Waals surface area contributed by atoms with Gasteiger partial charge in [-0.2, -0.15) is 8.61 Å². The van der Waals surface area contributed by atoms with Gasteiger partial charge in [0.25, 0.3) is 0 Å². The minimum atomic E-state index is -4.34. The van der Waals surface area contributed by atoms with Crippen LogP contribution in [0.15, 0.2) is 82.6 Å². The van der Waals surface area contributed by atoms with Gasteiger partial charge in [0.2, 0.25) is 20.0 Å². The number of nitrogens with zero attached hydrogens (tertiary/aromatic N) is 8. The minimum absolute atomic E-state index is 0.105. The van der Waals surface area contributed by atoms with E-state index in [0.717, 1.165) is 8.61 Å². The number of hydrogen-bond donors (Lipinski definition) is 2. The van der Waals surface area contributed by atoms with Gasteiger partial charge < -0.3 is 10.2 Å². The lowest BCUT2D eigenvalue weighted by Crippen LogP contribution is -2.50. The monoisotopic (exact) mass is 744 g/mol. The molecule has 14 nitrogen and oxygen atoms in total. The predicted molar refractivity (Wildman–Crippen MR) is 196 cm³/mol. The number of rotatable bonds is 6. The van der Waals surface area contributed by atoms with E-state index in [1.54, 1.807) is 36.4 Å². The third-order valence-electron chi connectivity index (χ3n) is 9.28. The molecule has 6 aromatic rings. The zero-order valence-electron chi connectivity index (χ0n) is 29.7. The van der Waals surface area contributed by atoms with E-state index in [1.165, 1.54) is 21.7 Å². The fourth-order valence-electron chi connectivity index (χ4n) is 6.11. The molecule has 0 bridgehead atoms. The van der Waals surface area contributed by atoms with Crippen LogP contribution in [0, 0.1) is 0 Å². The molecule has 0 spiro atoms. The Bertz CT molecular complexity index is 2330. The van der Waals surface area contributed by atoms with Gasteiger partial charge in [0.15, 0.2) is 11.5 Å². The van der Waals surface area contributed by atoms with Crippen LogP contribution in [0.2, 0.25) is 0 Å². The van der Waals surface area contributed by atoms with Gasteiger partial charge in [0.05, 0.1) is 0 Å². The summed E-state index contributed by atoms with van der Waals surface area (Å²) in [7, 11) is -8.67. The minimum Gasteiger partial charge on any atom is -0.504 e. The van der Waals surface area contributed by atoms with Crippen LogP contribution in [0.5, 0.6) is 11.5 Å². The molecule has 0 saturated carbocycles. The van der Waals surface area contributed by atoms with Crippen molar-refractivity contribution in [3.05, 3.63) is 83.9 Å². The molecule has 1 saturated heterocycles. The molecule has 0 amide bonds. The number of fused-ring (bicyclic) bond motifs is 2. The first-order valence-corrected chi connectivity index (χ1v) is 19.6. The highest BCUT2D eigenvalue weighted by Gasteiger charge is 2.38. The molecule has 0 unspecified atom stereocenters. The molecular weight excluding hydrogens is 705 g/mol. The second-order valence-corrected chi connectivity index (χ2v) is 18.8. The van der Waals surface area contributed by atoms with E-state index in [2.05, 4.69) is 20.4 Å². The van der Waals surface area contributed by atoms with Crippen molar-refractivity contribution < 1.29 is 27.0 Å². The van der Waals surface area contributed by atoms with Crippen molar-refractivity contribution in [1.29, 1.82) is 0 Å². The lowest BCUT2D eigenvalue weighted by molar-refractivity contribution is 0.271. The van der Waals surface area contributed by atoms with Crippen LogP contribution in [-0.4, -0.2) is 91.8 Å². The van der Waals surface area contributed by atoms with Gasteiger partial charge >= 0.3 is 0 Å². The summed E-state index contributed by atoms with van der Waals surface area (Å²) in [6.07, 6.45) is 0. The first kappa shape index (κ1) is 35.5. The first-order valence-electron chi connectivity index (χ1n) is 16.8. The molecular formula is C36H40N8O6S2. The molecule has 4 aromatic carbocycles. The highest BCUT2D eigenvalue weighted by atomic mass is 32.2. The Labute approximate surface area is 302 Å². The SMILES string of the molecule is CC(C)(C)c1cc(-n2nc3ccccc3n2)c(O)c(S(=O)(=O)N2CCN(S(=O)(=O)c3cc(C(C)(C)C)cc(-n4nc5ccccc5n4)c3O)CC2)c1. The molecule has 52 heavy (non-hydrogen) atoms. The van der Waals surface area contributed by atoms with Crippen LogP contribution in [0.25, 0.3) is 33.4 Å². The lowest BCUT2D eigenvalue weighted by atomic mass is 9.87. The van der Waals surface area contributed by atoms with E-state index in [0.29, 0.717) is 33.2 Å². The summed E-state index contributed by atoms with van der Waals surface area (Å²) in [6.45, 7) is 10.8. The van der Waals surface area contributed by atoms with E-state index >= 15 is 0 Å². The Morgan fingerprint density at radius 2 is 0.808 bits per heavy atom. The number of phenols is 2. The standard InChI is InChI=1S/C36H40N8O6S2/c1-35(2,3)23-19-29(43-37-25-11-7-8-12-26(25)38-43)33(45)31(21-23)51(47,48)41-15-17-42(18-16-41)52(49,50)32-22-24(36(4,5)6)20-30(34(32)46)44-39-27-13-9-10-14-28(27)40-44/h7-14,19-22,45-46H,15-18H2,1-6H3. The molecule has 1 aliphatic heterocycles.